The third kappa shape index (κ3) is 4.37. The molecular formula is C18H17ClN2O5. The number of amides is 1. The standard InChI is InChI=1S/C18H17ClN2O5/c1-2-23-14-5-3-4-6-15(14)24-10-18(22)21-20-9-12-7-16-17(8-13(12)19)26-11-25-16/h3-9H,2,10-11H2,1H3,(H,21,22)/b20-9-. The molecule has 0 radical (unpaired) electrons. The van der Waals surface area contributed by atoms with Gasteiger partial charge in [-0.25, -0.2) is 5.43 Å². The lowest BCUT2D eigenvalue weighted by molar-refractivity contribution is -0.123. The molecule has 1 aliphatic heterocycles. The van der Waals surface area contributed by atoms with Crippen LogP contribution in [0.2, 0.25) is 5.02 Å². The second kappa shape index (κ2) is 8.44. The summed E-state index contributed by atoms with van der Waals surface area (Å²) in [6.45, 7) is 2.34. The predicted octanol–water partition coefficient (Wildman–Crippen LogP) is 3.00. The summed E-state index contributed by atoms with van der Waals surface area (Å²) in [5.41, 5.74) is 2.98. The van der Waals surface area contributed by atoms with Crippen LogP contribution < -0.4 is 24.4 Å². The number of hydrogen-bond acceptors (Lipinski definition) is 6. The minimum absolute atomic E-state index is 0.156. The number of hydrazone groups is 1. The number of para-hydroxylation sites is 2. The molecule has 0 saturated carbocycles. The van der Waals surface area contributed by atoms with Crippen LogP contribution in [-0.2, 0) is 4.79 Å². The quantitative estimate of drug-likeness (QED) is 0.593. The van der Waals surface area contributed by atoms with Crippen molar-refractivity contribution in [1.82, 2.24) is 5.43 Å². The first-order chi connectivity index (χ1) is 12.7. The Hall–Kier alpha value is -2.93. The second-order valence-electron chi connectivity index (χ2n) is 5.19. The fraction of sp³-hybridized carbons (Fsp3) is 0.222. The summed E-state index contributed by atoms with van der Waals surface area (Å²) in [5.74, 6) is 1.82. The molecule has 0 unspecified atom stereocenters. The van der Waals surface area contributed by atoms with Gasteiger partial charge in [-0.15, -0.1) is 0 Å². The summed E-state index contributed by atoms with van der Waals surface area (Å²) in [5, 5.41) is 4.32. The Labute approximate surface area is 155 Å². The minimum atomic E-state index is -0.413. The maximum absolute atomic E-state index is 11.9. The maximum atomic E-state index is 11.9. The van der Waals surface area contributed by atoms with Gasteiger partial charge < -0.3 is 18.9 Å². The number of rotatable bonds is 7. The molecule has 136 valence electrons. The number of carbonyl (C=O) groups excluding carboxylic acids is 1. The highest BCUT2D eigenvalue weighted by Crippen LogP contribution is 2.36. The first kappa shape index (κ1) is 17.9. The highest BCUT2D eigenvalue weighted by atomic mass is 35.5. The van der Waals surface area contributed by atoms with Crippen molar-refractivity contribution < 1.29 is 23.7 Å². The van der Waals surface area contributed by atoms with Crippen LogP contribution in [0.5, 0.6) is 23.0 Å². The molecule has 26 heavy (non-hydrogen) atoms. The van der Waals surface area contributed by atoms with Crippen molar-refractivity contribution in [3.63, 3.8) is 0 Å². The van der Waals surface area contributed by atoms with Gasteiger partial charge in [-0.3, -0.25) is 4.79 Å². The van der Waals surface area contributed by atoms with Gasteiger partial charge in [0.2, 0.25) is 6.79 Å². The number of halogens is 1. The number of nitrogens with one attached hydrogen (secondary N) is 1. The molecule has 0 saturated heterocycles. The van der Waals surface area contributed by atoms with Gasteiger partial charge in [0.05, 0.1) is 17.8 Å². The fourth-order valence-electron chi connectivity index (χ4n) is 2.23. The number of carbonyl (C=O) groups is 1. The first-order valence-corrected chi connectivity index (χ1v) is 8.31. The smallest absolute Gasteiger partial charge is 0.277 e. The van der Waals surface area contributed by atoms with E-state index in [0.29, 0.717) is 40.2 Å². The highest BCUT2D eigenvalue weighted by molar-refractivity contribution is 6.33. The van der Waals surface area contributed by atoms with E-state index < -0.39 is 5.91 Å². The first-order valence-electron chi connectivity index (χ1n) is 7.93. The van der Waals surface area contributed by atoms with Gasteiger partial charge in [0.15, 0.2) is 29.6 Å². The summed E-state index contributed by atoms with van der Waals surface area (Å²) < 4.78 is 21.4. The largest absolute Gasteiger partial charge is 0.490 e. The van der Waals surface area contributed by atoms with Gasteiger partial charge in [-0.1, -0.05) is 23.7 Å². The molecule has 0 aromatic heterocycles. The normalized spacial score (nSPS) is 12.2. The van der Waals surface area contributed by atoms with Crippen LogP contribution in [0.25, 0.3) is 0 Å². The van der Waals surface area contributed by atoms with Crippen LogP contribution >= 0.6 is 11.6 Å². The van der Waals surface area contributed by atoms with Crippen molar-refractivity contribution in [3.8, 4) is 23.0 Å². The van der Waals surface area contributed by atoms with Crippen molar-refractivity contribution >= 4 is 23.7 Å². The van der Waals surface area contributed by atoms with E-state index in [1.807, 2.05) is 13.0 Å². The zero-order valence-electron chi connectivity index (χ0n) is 14.0. The number of nitrogens with zero attached hydrogens (tertiary/aromatic N) is 1. The van der Waals surface area contributed by atoms with Crippen LogP contribution in [-0.4, -0.2) is 32.1 Å². The fourth-order valence-corrected chi connectivity index (χ4v) is 2.43. The minimum Gasteiger partial charge on any atom is -0.490 e. The van der Waals surface area contributed by atoms with E-state index in [1.165, 1.54) is 6.21 Å². The van der Waals surface area contributed by atoms with E-state index in [2.05, 4.69) is 10.5 Å². The SMILES string of the molecule is CCOc1ccccc1OCC(=O)N/N=C\c1cc2c(cc1Cl)OCO2. The molecular weight excluding hydrogens is 360 g/mol. The molecule has 3 rings (SSSR count). The zero-order valence-corrected chi connectivity index (χ0v) is 14.8. The average molecular weight is 377 g/mol. The summed E-state index contributed by atoms with van der Waals surface area (Å²) in [4.78, 5) is 11.9. The molecule has 1 heterocycles. The molecule has 0 aliphatic carbocycles. The number of hydrogen-bond donors (Lipinski definition) is 1. The van der Waals surface area contributed by atoms with E-state index in [0.717, 1.165) is 0 Å². The van der Waals surface area contributed by atoms with Gasteiger partial charge >= 0.3 is 0 Å². The Kier molecular flexibility index (Phi) is 5.80. The molecule has 7 nitrogen and oxygen atoms in total. The van der Waals surface area contributed by atoms with Gasteiger partial charge in [-0.05, 0) is 25.1 Å². The Morgan fingerprint density at radius 3 is 2.65 bits per heavy atom. The lowest BCUT2D eigenvalue weighted by Gasteiger charge is -2.10. The topological polar surface area (TPSA) is 78.4 Å². The molecule has 0 bridgehead atoms. The monoisotopic (exact) mass is 376 g/mol. The van der Waals surface area contributed by atoms with Crippen molar-refractivity contribution in [3.05, 3.63) is 47.0 Å². The molecule has 0 fully saturated rings. The van der Waals surface area contributed by atoms with Gasteiger partial charge in [-0.2, -0.15) is 5.10 Å². The number of fused-ring (bicyclic) bond motifs is 1. The molecule has 0 spiro atoms. The third-order valence-electron chi connectivity index (χ3n) is 3.39. The van der Waals surface area contributed by atoms with Crippen molar-refractivity contribution in [2.45, 2.75) is 6.92 Å². The molecule has 8 heteroatoms. The van der Waals surface area contributed by atoms with Crippen molar-refractivity contribution in [2.24, 2.45) is 5.10 Å². The van der Waals surface area contributed by atoms with Crippen molar-refractivity contribution in [2.75, 3.05) is 20.0 Å². The van der Waals surface area contributed by atoms with E-state index in [-0.39, 0.29) is 13.4 Å². The lowest BCUT2D eigenvalue weighted by atomic mass is 10.2. The van der Waals surface area contributed by atoms with E-state index in [4.69, 9.17) is 30.5 Å². The molecule has 2 aromatic rings. The van der Waals surface area contributed by atoms with Crippen LogP contribution in [0.15, 0.2) is 41.5 Å². The van der Waals surface area contributed by atoms with E-state index in [9.17, 15) is 4.79 Å². The Bertz CT molecular complexity index is 825. The molecule has 2 aromatic carbocycles. The van der Waals surface area contributed by atoms with Crippen molar-refractivity contribution in [1.29, 1.82) is 0 Å². The van der Waals surface area contributed by atoms with Gasteiger partial charge in [0.25, 0.3) is 5.91 Å². The second-order valence-corrected chi connectivity index (χ2v) is 5.60. The third-order valence-corrected chi connectivity index (χ3v) is 3.72. The van der Waals surface area contributed by atoms with Gasteiger partial charge in [0.1, 0.15) is 0 Å². The summed E-state index contributed by atoms with van der Waals surface area (Å²) >= 11 is 6.13. The highest BCUT2D eigenvalue weighted by Gasteiger charge is 2.15. The Morgan fingerprint density at radius 2 is 1.92 bits per heavy atom. The number of ether oxygens (including phenoxy) is 4. The van der Waals surface area contributed by atoms with Gasteiger partial charge in [0, 0.05) is 11.6 Å². The molecule has 0 atom stereocenters. The Morgan fingerprint density at radius 1 is 1.23 bits per heavy atom. The van der Waals surface area contributed by atoms with Crippen LogP contribution in [0.4, 0.5) is 0 Å². The maximum Gasteiger partial charge on any atom is 0.277 e. The molecule has 1 aliphatic rings. The number of benzene rings is 2. The molecule has 1 amide bonds. The van der Waals surface area contributed by atoms with Crippen LogP contribution in [0, 0.1) is 0 Å². The van der Waals surface area contributed by atoms with Crippen LogP contribution in [0.1, 0.15) is 12.5 Å². The summed E-state index contributed by atoms with van der Waals surface area (Å²) in [6.07, 6.45) is 1.43. The lowest BCUT2D eigenvalue weighted by Crippen LogP contribution is -2.24. The van der Waals surface area contributed by atoms with Crippen LogP contribution in [0.3, 0.4) is 0 Å². The predicted molar refractivity (Wildman–Crippen MR) is 96.4 cm³/mol. The van der Waals surface area contributed by atoms with E-state index >= 15 is 0 Å². The summed E-state index contributed by atoms with van der Waals surface area (Å²) in [6, 6.07) is 10.5. The summed E-state index contributed by atoms with van der Waals surface area (Å²) in [7, 11) is 0. The Balaban J connectivity index is 1.54. The zero-order chi connectivity index (χ0) is 18.4. The average Bonchev–Trinajstić information content (AvgIpc) is 3.08. The van der Waals surface area contributed by atoms with E-state index in [1.54, 1.807) is 30.3 Å². The molecule has 1 N–H and O–H groups in total.